The van der Waals surface area contributed by atoms with Gasteiger partial charge in [-0.3, -0.25) is 19.3 Å². The summed E-state index contributed by atoms with van der Waals surface area (Å²) in [6, 6.07) is 3.99. The van der Waals surface area contributed by atoms with Gasteiger partial charge in [-0.2, -0.15) is 4.37 Å². The molecule has 5 N–H and O–H groups in total. The van der Waals surface area contributed by atoms with E-state index in [1.165, 1.54) is 19.1 Å². The van der Waals surface area contributed by atoms with Gasteiger partial charge < -0.3 is 26.3 Å². The summed E-state index contributed by atoms with van der Waals surface area (Å²) in [4.78, 5) is 39.7. The predicted octanol–water partition coefficient (Wildman–Crippen LogP) is 2.18. The first-order valence-electron chi connectivity index (χ1n) is 9.87. The summed E-state index contributed by atoms with van der Waals surface area (Å²) in [5, 5.41) is 2.91. The van der Waals surface area contributed by atoms with E-state index in [1.807, 2.05) is 20.8 Å². The average Bonchev–Trinajstić information content (AvgIpc) is 3.11. The van der Waals surface area contributed by atoms with Gasteiger partial charge in [-0.05, 0) is 50.9 Å². The van der Waals surface area contributed by atoms with Crippen LogP contribution in [0, 0.1) is 0 Å². The molecule has 0 spiro atoms. The van der Waals surface area contributed by atoms with Crippen molar-refractivity contribution in [2.45, 2.75) is 45.7 Å². The highest BCUT2D eigenvalue weighted by Crippen LogP contribution is 2.35. The zero-order chi connectivity index (χ0) is 24.2. The van der Waals surface area contributed by atoms with Crippen LogP contribution in [0.25, 0.3) is 0 Å². The van der Waals surface area contributed by atoms with Crippen LogP contribution < -0.4 is 31.2 Å². The van der Waals surface area contributed by atoms with Gasteiger partial charge in [0.25, 0.3) is 11.8 Å². The number of nitrogen functional groups attached to an aromatic ring is 1. The number of nitrogens with two attached hydrogens (primary N) is 2. The summed E-state index contributed by atoms with van der Waals surface area (Å²) in [7, 11) is 2.97. The third-order valence-corrected chi connectivity index (χ3v) is 5.37. The maximum Gasteiger partial charge on any atom is 0.272 e. The number of aromatic nitrogens is 1. The topological polar surface area (TPSA) is 150 Å². The van der Waals surface area contributed by atoms with Crippen LogP contribution >= 0.6 is 11.5 Å². The summed E-state index contributed by atoms with van der Waals surface area (Å²) in [6.07, 6.45) is 0.309. The first-order chi connectivity index (χ1) is 14.9. The van der Waals surface area contributed by atoms with Gasteiger partial charge in [0, 0.05) is 17.3 Å². The second-order valence-corrected chi connectivity index (χ2v) is 8.79. The molecule has 1 aromatic carbocycles. The molecule has 0 aliphatic heterocycles. The number of benzene rings is 1. The standard InChI is InChI=1S/C21H29N5O5S/c1-7-12(19(28)24-21(2,3)4)26(11-8-9-13(30-5)14(10-11)31-6)20(29)17-15(22)16(18(23)27)25-32-17/h8-10,12H,7,22H2,1-6H3,(H2,23,27)(H,24,28)/t12-/m1/s1. The van der Waals surface area contributed by atoms with Crippen LogP contribution in [0.15, 0.2) is 18.2 Å². The molecule has 32 heavy (non-hydrogen) atoms. The second kappa shape index (κ2) is 9.86. The van der Waals surface area contributed by atoms with Crippen molar-refractivity contribution in [3.8, 4) is 11.5 Å². The largest absolute Gasteiger partial charge is 0.493 e. The van der Waals surface area contributed by atoms with Gasteiger partial charge in [0.05, 0.1) is 19.9 Å². The molecule has 0 saturated carbocycles. The molecule has 0 saturated heterocycles. The Labute approximate surface area is 191 Å². The van der Waals surface area contributed by atoms with Gasteiger partial charge in [0.15, 0.2) is 17.2 Å². The number of nitrogens with one attached hydrogen (secondary N) is 1. The van der Waals surface area contributed by atoms with Gasteiger partial charge in [-0.1, -0.05) is 6.92 Å². The highest BCUT2D eigenvalue weighted by Gasteiger charge is 2.35. The zero-order valence-electron chi connectivity index (χ0n) is 19.0. The minimum atomic E-state index is -0.877. The molecule has 0 aliphatic carbocycles. The Hall–Kier alpha value is -3.34. The number of anilines is 2. The van der Waals surface area contributed by atoms with E-state index < -0.39 is 23.4 Å². The van der Waals surface area contributed by atoms with Crippen molar-refractivity contribution in [3.63, 3.8) is 0 Å². The lowest BCUT2D eigenvalue weighted by Crippen LogP contribution is -2.54. The summed E-state index contributed by atoms with van der Waals surface area (Å²) in [6.45, 7) is 7.33. The molecule has 11 heteroatoms. The quantitative estimate of drug-likeness (QED) is 0.543. The SMILES string of the molecule is CC[C@H](C(=O)NC(C)(C)C)N(C(=O)c1snc(C(N)=O)c1N)c1ccc(OC)c(OC)c1. The molecule has 1 heterocycles. The Kier molecular flexibility index (Phi) is 7.68. The number of rotatable bonds is 8. The smallest absolute Gasteiger partial charge is 0.272 e. The highest BCUT2D eigenvalue weighted by molar-refractivity contribution is 7.09. The molecule has 3 amide bonds. The molecular weight excluding hydrogens is 434 g/mol. The van der Waals surface area contributed by atoms with E-state index in [1.54, 1.807) is 25.1 Å². The van der Waals surface area contributed by atoms with Gasteiger partial charge >= 0.3 is 0 Å². The number of amides is 3. The van der Waals surface area contributed by atoms with Crippen molar-refractivity contribution in [1.29, 1.82) is 0 Å². The number of hydrogen-bond acceptors (Lipinski definition) is 8. The fraction of sp³-hybridized carbons (Fsp3) is 0.429. The van der Waals surface area contributed by atoms with E-state index in [9.17, 15) is 14.4 Å². The first kappa shape index (κ1) is 24.9. The molecule has 0 fully saturated rings. The van der Waals surface area contributed by atoms with E-state index in [0.717, 1.165) is 11.5 Å². The maximum atomic E-state index is 13.6. The molecule has 2 rings (SSSR count). The lowest BCUT2D eigenvalue weighted by molar-refractivity contribution is -0.123. The Morgan fingerprint density at radius 2 is 1.81 bits per heavy atom. The summed E-state index contributed by atoms with van der Waals surface area (Å²) < 4.78 is 14.6. The predicted molar refractivity (Wildman–Crippen MR) is 123 cm³/mol. The maximum absolute atomic E-state index is 13.6. The van der Waals surface area contributed by atoms with E-state index >= 15 is 0 Å². The van der Waals surface area contributed by atoms with Crippen LogP contribution in [0.3, 0.4) is 0 Å². The Balaban J connectivity index is 2.65. The molecule has 2 aromatic rings. The monoisotopic (exact) mass is 463 g/mol. The van der Waals surface area contributed by atoms with Crippen LogP contribution in [0.5, 0.6) is 11.5 Å². The van der Waals surface area contributed by atoms with Gasteiger partial charge in [-0.25, -0.2) is 0 Å². The van der Waals surface area contributed by atoms with E-state index in [4.69, 9.17) is 20.9 Å². The molecule has 0 bridgehead atoms. The van der Waals surface area contributed by atoms with Crippen molar-refractivity contribution in [2.24, 2.45) is 5.73 Å². The van der Waals surface area contributed by atoms with Crippen molar-refractivity contribution < 1.29 is 23.9 Å². The van der Waals surface area contributed by atoms with E-state index in [0.29, 0.717) is 23.6 Å². The molecule has 0 radical (unpaired) electrons. The summed E-state index contributed by atoms with van der Waals surface area (Å²) >= 11 is 0.751. The fourth-order valence-corrected chi connectivity index (χ4v) is 3.83. The van der Waals surface area contributed by atoms with Crippen molar-refractivity contribution in [2.75, 3.05) is 24.9 Å². The molecule has 174 valence electrons. The van der Waals surface area contributed by atoms with Crippen LogP contribution in [-0.4, -0.2) is 47.9 Å². The van der Waals surface area contributed by atoms with Gasteiger partial charge in [0.2, 0.25) is 5.91 Å². The van der Waals surface area contributed by atoms with Crippen LogP contribution in [0.2, 0.25) is 0 Å². The molecule has 1 aromatic heterocycles. The van der Waals surface area contributed by atoms with Gasteiger partial charge in [-0.15, -0.1) is 0 Å². The molecule has 1 atom stereocenters. The van der Waals surface area contributed by atoms with Crippen molar-refractivity contribution >= 4 is 40.6 Å². The summed E-state index contributed by atoms with van der Waals surface area (Å²) in [5.74, 6) is -0.932. The zero-order valence-corrected chi connectivity index (χ0v) is 19.8. The number of hydrogen-bond donors (Lipinski definition) is 3. The molecular formula is C21H29N5O5S. The van der Waals surface area contributed by atoms with Gasteiger partial charge in [0.1, 0.15) is 10.9 Å². The normalized spacial score (nSPS) is 12.1. The first-order valence-corrected chi connectivity index (χ1v) is 10.6. The lowest BCUT2D eigenvalue weighted by Gasteiger charge is -2.33. The number of carbonyl (C=O) groups excluding carboxylic acids is 3. The van der Waals surface area contributed by atoms with E-state index in [2.05, 4.69) is 9.69 Å². The minimum Gasteiger partial charge on any atom is -0.493 e. The van der Waals surface area contributed by atoms with E-state index in [-0.39, 0.29) is 22.2 Å². The lowest BCUT2D eigenvalue weighted by atomic mass is 10.1. The number of ether oxygens (including phenoxy) is 2. The number of carbonyl (C=O) groups is 3. The number of methoxy groups -OCH3 is 2. The van der Waals surface area contributed by atoms with Crippen LogP contribution in [0.4, 0.5) is 11.4 Å². The minimum absolute atomic E-state index is 0.00981. The molecule has 10 nitrogen and oxygen atoms in total. The van der Waals surface area contributed by atoms with Crippen molar-refractivity contribution in [3.05, 3.63) is 28.8 Å². The van der Waals surface area contributed by atoms with Crippen LogP contribution in [-0.2, 0) is 4.79 Å². The Morgan fingerprint density at radius 1 is 1.19 bits per heavy atom. The molecule has 0 unspecified atom stereocenters. The molecule has 0 aliphatic rings. The fourth-order valence-electron chi connectivity index (χ4n) is 3.09. The van der Waals surface area contributed by atoms with Crippen molar-refractivity contribution in [1.82, 2.24) is 9.69 Å². The highest BCUT2D eigenvalue weighted by atomic mass is 32.1. The Morgan fingerprint density at radius 3 is 2.28 bits per heavy atom. The van der Waals surface area contributed by atoms with Crippen LogP contribution in [0.1, 0.15) is 54.3 Å². The summed E-state index contributed by atoms with van der Waals surface area (Å²) in [5.41, 5.74) is 10.9. The third-order valence-electron chi connectivity index (χ3n) is 4.52. The second-order valence-electron chi connectivity index (χ2n) is 8.02. The average molecular weight is 464 g/mol. The third kappa shape index (κ3) is 5.28. The number of primary amides is 1. The number of nitrogens with zero attached hydrogens (tertiary/aromatic N) is 2. The Bertz CT molecular complexity index is 1010.